The first-order valence-corrected chi connectivity index (χ1v) is 10.0. The van der Waals surface area contributed by atoms with Gasteiger partial charge in [0.1, 0.15) is 12.3 Å². The van der Waals surface area contributed by atoms with E-state index in [4.69, 9.17) is 9.72 Å². The molecule has 7 nitrogen and oxygen atoms in total. The van der Waals surface area contributed by atoms with Gasteiger partial charge in [-0.05, 0) is 31.5 Å². The van der Waals surface area contributed by atoms with Crippen LogP contribution in [0.4, 0.5) is 0 Å². The van der Waals surface area contributed by atoms with E-state index in [-0.39, 0.29) is 6.61 Å². The number of aromatic nitrogens is 5. The van der Waals surface area contributed by atoms with Crippen molar-refractivity contribution >= 4 is 22.6 Å². The number of rotatable bonds is 4. The summed E-state index contributed by atoms with van der Waals surface area (Å²) in [6, 6.07) is 15.5. The molecule has 0 radical (unpaired) electrons. The van der Waals surface area contributed by atoms with Gasteiger partial charge in [-0.3, -0.25) is 4.68 Å². The van der Waals surface area contributed by atoms with Crippen LogP contribution in [0.5, 0.6) is 0 Å². The zero-order valence-corrected chi connectivity index (χ0v) is 17.5. The van der Waals surface area contributed by atoms with Crippen molar-refractivity contribution in [2.75, 3.05) is 0 Å². The molecule has 7 heteroatoms. The molecular weight excluding hydrogens is 390 g/mol. The van der Waals surface area contributed by atoms with Gasteiger partial charge in [-0.25, -0.2) is 14.8 Å². The molecule has 0 fully saturated rings. The molecule has 0 N–H and O–H groups in total. The number of ether oxygens (including phenoxy) is 1. The van der Waals surface area contributed by atoms with Crippen LogP contribution < -0.4 is 0 Å². The minimum atomic E-state index is -0.422. The molecule has 0 aliphatic rings. The van der Waals surface area contributed by atoms with Crippen molar-refractivity contribution in [3.63, 3.8) is 0 Å². The number of hydrogen-bond donors (Lipinski definition) is 0. The van der Waals surface area contributed by atoms with Gasteiger partial charge in [-0.2, -0.15) is 5.10 Å². The fraction of sp³-hybridized carbons (Fsp3) is 0.167. The van der Waals surface area contributed by atoms with Gasteiger partial charge >= 0.3 is 5.97 Å². The topological polar surface area (TPSA) is 74.3 Å². The number of nitrogens with zero attached hydrogens (tertiary/aromatic N) is 5. The molecule has 4 aromatic heterocycles. The molecule has 0 bridgehead atoms. The second-order valence-corrected chi connectivity index (χ2v) is 7.56. The van der Waals surface area contributed by atoms with E-state index in [9.17, 15) is 4.79 Å². The van der Waals surface area contributed by atoms with Crippen LogP contribution in [-0.4, -0.2) is 30.1 Å². The third-order valence-electron chi connectivity index (χ3n) is 5.34. The molecular formula is C24H21N5O2. The molecule has 0 aliphatic carbocycles. The van der Waals surface area contributed by atoms with Crippen molar-refractivity contribution in [3.8, 4) is 11.3 Å². The third kappa shape index (κ3) is 3.34. The van der Waals surface area contributed by atoms with Crippen LogP contribution >= 0.6 is 0 Å². The molecule has 0 aliphatic heterocycles. The standard InChI is InChI=1S/C24H21N5O2/c1-15-8-7-11-29-13-18(25-22(15)29)14-31-24(30)19-12-20(17-9-5-4-6-10-17)26-23-21(19)16(2)27-28(23)3/h4-13H,14H2,1-3H3. The zero-order valence-electron chi connectivity index (χ0n) is 17.5. The van der Waals surface area contributed by atoms with E-state index in [1.54, 1.807) is 10.7 Å². The average Bonchev–Trinajstić information content (AvgIpc) is 3.33. The van der Waals surface area contributed by atoms with Gasteiger partial charge < -0.3 is 9.14 Å². The number of aryl methyl sites for hydroxylation is 3. The minimum absolute atomic E-state index is 0.0871. The third-order valence-corrected chi connectivity index (χ3v) is 5.34. The lowest BCUT2D eigenvalue weighted by atomic mass is 10.1. The van der Waals surface area contributed by atoms with Gasteiger partial charge in [0.15, 0.2) is 5.65 Å². The highest BCUT2D eigenvalue weighted by Crippen LogP contribution is 2.27. The van der Waals surface area contributed by atoms with Gasteiger partial charge in [-0.1, -0.05) is 36.4 Å². The van der Waals surface area contributed by atoms with E-state index in [0.717, 1.165) is 22.5 Å². The SMILES string of the molecule is Cc1nn(C)c2nc(-c3ccccc3)cc(C(=O)OCc3cn4cccc(C)c4n3)c12. The molecule has 1 aromatic carbocycles. The Labute approximate surface area is 178 Å². The molecule has 0 amide bonds. The van der Waals surface area contributed by atoms with Crippen LogP contribution in [-0.2, 0) is 18.4 Å². The summed E-state index contributed by atoms with van der Waals surface area (Å²) in [5.74, 6) is -0.422. The van der Waals surface area contributed by atoms with E-state index >= 15 is 0 Å². The molecule has 0 spiro atoms. The normalized spacial score (nSPS) is 11.3. The first kappa shape index (κ1) is 19.0. The Hall–Kier alpha value is -4.00. The van der Waals surface area contributed by atoms with E-state index < -0.39 is 5.97 Å². The van der Waals surface area contributed by atoms with E-state index in [1.807, 2.05) is 80.2 Å². The smallest absolute Gasteiger partial charge is 0.339 e. The molecule has 154 valence electrons. The molecule has 4 heterocycles. The summed E-state index contributed by atoms with van der Waals surface area (Å²) in [5, 5.41) is 5.16. The highest BCUT2D eigenvalue weighted by molar-refractivity contribution is 6.05. The summed E-state index contributed by atoms with van der Waals surface area (Å²) < 4.78 is 9.29. The van der Waals surface area contributed by atoms with Gasteiger partial charge in [0.05, 0.1) is 28.0 Å². The van der Waals surface area contributed by atoms with E-state index in [2.05, 4.69) is 10.1 Å². The summed E-state index contributed by atoms with van der Waals surface area (Å²) in [6.07, 6.45) is 3.81. The number of pyridine rings is 2. The number of hydrogen-bond acceptors (Lipinski definition) is 5. The first-order chi connectivity index (χ1) is 15.0. The van der Waals surface area contributed by atoms with Crippen molar-refractivity contribution in [2.45, 2.75) is 20.5 Å². The second-order valence-electron chi connectivity index (χ2n) is 7.56. The Morgan fingerprint density at radius 3 is 2.61 bits per heavy atom. The number of fused-ring (bicyclic) bond motifs is 2. The maximum atomic E-state index is 13.1. The number of esters is 1. The average molecular weight is 411 g/mol. The number of benzene rings is 1. The Morgan fingerprint density at radius 1 is 1.03 bits per heavy atom. The lowest BCUT2D eigenvalue weighted by Gasteiger charge is -2.08. The molecule has 31 heavy (non-hydrogen) atoms. The van der Waals surface area contributed by atoms with Crippen molar-refractivity contribution in [2.24, 2.45) is 7.05 Å². The van der Waals surface area contributed by atoms with E-state index in [0.29, 0.717) is 28.0 Å². The maximum Gasteiger partial charge on any atom is 0.339 e. The molecule has 0 saturated heterocycles. The summed E-state index contributed by atoms with van der Waals surface area (Å²) in [7, 11) is 1.82. The van der Waals surface area contributed by atoms with Gasteiger partial charge in [0, 0.05) is 25.0 Å². The minimum Gasteiger partial charge on any atom is -0.455 e. The van der Waals surface area contributed by atoms with E-state index in [1.165, 1.54) is 0 Å². The van der Waals surface area contributed by atoms with Gasteiger partial charge in [-0.15, -0.1) is 0 Å². The molecule has 0 saturated carbocycles. The summed E-state index contributed by atoms with van der Waals surface area (Å²) in [5.41, 5.74) is 6.07. The van der Waals surface area contributed by atoms with Crippen LogP contribution in [0.15, 0.2) is 60.9 Å². The van der Waals surface area contributed by atoms with Crippen LogP contribution in [0.2, 0.25) is 0 Å². The summed E-state index contributed by atoms with van der Waals surface area (Å²) in [6.45, 7) is 3.96. The van der Waals surface area contributed by atoms with Crippen molar-refractivity contribution in [3.05, 3.63) is 83.4 Å². The highest BCUT2D eigenvalue weighted by Gasteiger charge is 2.20. The monoisotopic (exact) mass is 411 g/mol. The van der Waals surface area contributed by atoms with Gasteiger partial charge in [0.2, 0.25) is 0 Å². The Balaban J connectivity index is 1.51. The predicted molar refractivity (Wildman–Crippen MR) is 118 cm³/mol. The zero-order chi connectivity index (χ0) is 21.5. The van der Waals surface area contributed by atoms with Crippen LogP contribution in [0.25, 0.3) is 27.9 Å². The predicted octanol–water partition coefficient (Wildman–Crippen LogP) is 4.26. The molecule has 5 rings (SSSR count). The van der Waals surface area contributed by atoms with Crippen molar-refractivity contribution in [1.29, 1.82) is 0 Å². The number of imidazole rings is 1. The van der Waals surface area contributed by atoms with Gasteiger partial charge in [0.25, 0.3) is 0 Å². The largest absolute Gasteiger partial charge is 0.455 e. The Bertz CT molecular complexity index is 1430. The summed E-state index contributed by atoms with van der Waals surface area (Å²) in [4.78, 5) is 22.5. The van der Waals surface area contributed by atoms with Crippen LogP contribution in [0.3, 0.4) is 0 Å². The lowest BCUT2D eigenvalue weighted by molar-refractivity contribution is 0.0470. The van der Waals surface area contributed by atoms with Crippen LogP contribution in [0, 0.1) is 13.8 Å². The molecule has 5 aromatic rings. The Morgan fingerprint density at radius 2 is 1.84 bits per heavy atom. The fourth-order valence-corrected chi connectivity index (χ4v) is 3.85. The van der Waals surface area contributed by atoms with Crippen molar-refractivity contribution < 1.29 is 9.53 Å². The van der Waals surface area contributed by atoms with Crippen LogP contribution in [0.1, 0.15) is 27.3 Å². The molecule has 0 unspecified atom stereocenters. The Kier molecular flexibility index (Phi) is 4.51. The molecule has 0 atom stereocenters. The number of carbonyl (C=O) groups is 1. The number of carbonyl (C=O) groups excluding carboxylic acids is 1. The lowest BCUT2D eigenvalue weighted by Crippen LogP contribution is -2.08. The fourth-order valence-electron chi connectivity index (χ4n) is 3.85. The maximum absolute atomic E-state index is 13.1. The quantitative estimate of drug-likeness (QED) is 0.413. The van der Waals surface area contributed by atoms with Crippen molar-refractivity contribution in [1.82, 2.24) is 24.1 Å². The first-order valence-electron chi connectivity index (χ1n) is 10.0. The second kappa shape index (κ2) is 7.36. The summed E-state index contributed by atoms with van der Waals surface area (Å²) >= 11 is 0. The highest BCUT2D eigenvalue weighted by atomic mass is 16.5.